The lowest BCUT2D eigenvalue weighted by Gasteiger charge is -2.11. The van der Waals surface area contributed by atoms with E-state index < -0.39 is 0 Å². The number of rotatable bonds is 3. The van der Waals surface area contributed by atoms with Crippen molar-refractivity contribution in [1.29, 1.82) is 0 Å². The highest BCUT2D eigenvalue weighted by atomic mass is 79.9. The van der Waals surface area contributed by atoms with E-state index in [1.807, 2.05) is 43.8 Å². The Balaban J connectivity index is 2.22. The fourth-order valence-corrected chi connectivity index (χ4v) is 2.66. The zero-order chi connectivity index (χ0) is 13.3. The van der Waals surface area contributed by atoms with Crippen LogP contribution in [0.1, 0.15) is 17.0 Å². The van der Waals surface area contributed by atoms with Gasteiger partial charge in [0.15, 0.2) is 0 Å². The summed E-state index contributed by atoms with van der Waals surface area (Å²) in [5, 5.41) is 8.48. The molecule has 1 aromatic heterocycles. The largest absolute Gasteiger partial charge is 0.378 e. The maximum atomic E-state index is 6.18. The normalized spacial score (nSPS) is 10.7. The second-order valence-electron chi connectivity index (χ2n) is 4.25. The van der Waals surface area contributed by atoms with Gasteiger partial charge in [-0.1, -0.05) is 23.7 Å². The van der Waals surface area contributed by atoms with Gasteiger partial charge in [-0.25, -0.2) is 0 Å². The Hall–Kier alpha value is -1.00. The van der Waals surface area contributed by atoms with Crippen LogP contribution < -0.4 is 5.32 Å². The predicted molar refractivity (Wildman–Crippen MR) is 79.2 cm³/mol. The molecule has 18 heavy (non-hydrogen) atoms. The van der Waals surface area contributed by atoms with Gasteiger partial charge in [0.1, 0.15) is 0 Å². The Morgan fingerprint density at radius 2 is 2.11 bits per heavy atom. The van der Waals surface area contributed by atoms with Crippen LogP contribution in [-0.2, 0) is 13.6 Å². The van der Waals surface area contributed by atoms with Crippen LogP contribution in [-0.4, -0.2) is 9.78 Å². The first kappa shape index (κ1) is 13.4. The molecule has 0 bridgehead atoms. The molecule has 5 heteroatoms. The molecule has 0 unspecified atom stereocenters. The van der Waals surface area contributed by atoms with Gasteiger partial charge in [0.05, 0.1) is 33.1 Å². The van der Waals surface area contributed by atoms with Crippen molar-refractivity contribution < 1.29 is 0 Å². The molecule has 3 nitrogen and oxygen atoms in total. The molecule has 0 amide bonds. The molecular formula is C13H15BrClN3. The summed E-state index contributed by atoms with van der Waals surface area (Å²) in [6.45, 7) is 4.70. The summed E-state index contributed by atoms with van der Waals surface area (Å²) in [5.74, 6) is 0. The Morgan fingerprint density at radius 3 is 2.67 bits per heavy atom. The van der Waals surface area contributed by atoms with Crippen molar-refractivity contribution in [2.24, 2.45) is 7.05 Å². The zero-order valence-electron chi connectivity index (χ0n) is 10.6. The minimum Gasteiger partial charge on any atom is -0.378 e. The number of nitrogens with zero attached hydrogens (tertiary/aromatic N) is 2. The molecule has 0 aliphatic carbocycles. The van der Waals surface area contributed by atoms with Gasteiger partial charge in [-0.2, -0.15) is 5.10 Å². The van der Waals surface area contributed by atoms with Crippen LogP contribution in [0.5, 0.6) is 0 Å². The van der Waals surface area contributed by atoms with Crippen molar-refractivity contribution in [3.63, 3.8) is 0 Å². The molecule has 0 atom stereocenters. The molecule has 0 aliphatic rings. The molecule has 1 heterocycles. The monoisotopic (exact) mass is 327 g/mol. The van der Waals surface area contributed by atoms with E-state index in [9.17, 15) is 0 Å². The summed E-state index contributed by atoms with van der Waals surface area (Å²) < 4.78 is 2.92. The SMILES string of the molecule is Cc1cccc(Cl)c1NCc1c(Br)c(C)nn1C. The van der Waals surface area contributed by atoms with E-state index in [0.717, 1.165) is 32.1 Å². The second-order valence-corrected chi connectivity index (χ2v) is 5.46. The smallest absolute Gasteiger partial charge is 0.0739 e. The highest BCUT2D eigenvalue weighted by Gasteiger charge is 2.11. The first-order chi connectivity index (χ1) is 8.50. The van der Waals surface area contributed by atoms with Crippen LogP contribution >= 0.6 is 27.5 Å². The number of halogens is 2. The van der Waals surface area contributed by atoms with Crippen molar-refractivity contribution in [3.8, 4) is 0 Å². The van der Waals surface area contributed by atoms with Gasteiger partial charge < -0.3 is 5.32 Å². The summed E-state index contributed by atoms with van der Waals surface area (Å²) in [6.07, 6.45) is 0. The lowest BCUT2D eigenvalue weighted by atomic mass is 10.2. The number of aromatic nitrogens is 2. The van der Waals surface area contributed by atoms with Gasteiger partial charge in [-0.15, -0.1) is 0 Å². The predicted octanol–water partition coefficient (Wildman–Crippen LogP) is 4.06. The van der Waals surface area contributed by atoms with E-state index in [0.29, 0.717) is 6.54 Å². The highest BCUT2D eigenvalue weighted by molar-refractivity contribution is 9.10. The van der Waals surface area contributed by atoms with Gasteiger partial charge in [0.2, 0.25) is 0 Å². The number of aryl methyl sites for hydroxylation is 3. The van der Waals surface area contributed by atoms with E-state index in [1.165, 1.54) is 0 Å². The third-order valence-corrected chi connectivity index (χ3v) is 4.26. The first-order valence-electron chi connectivity index (χ1n) is 5.67. The minimum absolute atomic E-state index is 0.683. The van der Waals surface area contributed by atoms with Gasteiger partial charge in [0, 0.05) is 7.05 Å². The molecular weight excluding hydrogens is 314 g/mol. The molecule has 2 rings (SSSR count). The highest BCUT2D eigenvalue weighted by Crippen LogP contribution is 2.27. The average molecular weight is 329 g/mol. The van der Waals surface area contributed by atoms with Crippen LogP contribution in [0, 0.1) is 13.8 Å². The minimum atomic E-state index is 0.683. The van der Waals surface area contributed by atoms with Gasteiger partial charge in [0.25, 0.3) is 0 Å². The number of hydrogen-bond acceptors (Lipinski definition) is 2. The molecule has 0 spiro atoms. The van der Waals surface area contributed by atoms with E-state index in [2.05, 4.69) is 26.3 Å². The second kappa shape index (κ2) is 5.33. The Labute approximate surface area is 120 Å². The van der Waals surface area contributed by atoms with Gasteiger partial charge >= 0.3 is 0 Å². The Kier molecular flexibility index (Phi) is 3.97. The standard InChI is InChI=1S/C13H15BrClN3/c1-8-5-4-6-10(15)13(8)16-7-11-12(14)9(2)17-18(11)3/h4-6,16H,7H2,1-3H3. The molecule has 1 N–H and O–H groups in total. The van der Waals surface area contributed by atoms with Gasteiger partial charge in [-0.3, -0.25) is 4.68 Å². The quantitative estimate of drug-likeness (QED) is 0.920. The van der Waals surface area contributed by atoms with E-state index in [4.69, 9.17) is 11.6 Å². The lowest BCUT2D eigenvalue weighted by molar-refractivity contribution is 0.712. The first-order valence-corrected chi connectivity index (χ1v) is 6.84. The molecule has 0 aliphatic heterocycles. The number of para-hydroxylation sites is 1. The summed E-state index contributed by atoms with van der Waals surface area (Å²) in [7, 11) is 1.94. The average Bonchev–Trinajstić information content (AvgIpc) is 2.54. The van der Waals surface area contributed by atoms with E-state index >= 15 is 0 Å². The van der Waals surface area contributed by atoms with Crippen molar-refractivity contribution in [3.05, 3.63) is 44.6 Å². The fourth-order valence-electron chi connectivity index (χ4n) is 1.90. The summed E-state index contributed by atoms with van der Waals surface area (Å²) in [5.41, 5.74) is 4.21. The number of benzene rings is 1. The van der Waals surface area contributed by atoms with Crippen molar-refractivity contribution in [2.45, 2.75) is 20.4 Å². The summed E-state index contributed by atoms with van der Waals surface area (Å²) >= 11 is 9.74. The summed E-state index contributed by atoms with van der Waals surface area (Å²) in [4.78, 5) is 0. The van der Waals surface area contributed by atoms with E-state index in [-0.39, 0.29) is 0 Å². The maximum Gasteiger partial charge on any atom is 0.0739 e. The molecule has 0 saturated heterocycles. The zero-order valence-corrected chi connectivity index (χ0v) is 12.9. The number of nitrogens with one attached hydrogen (secondary N) is 1. The molecule has 96 valence electrons. The summed E-state index contributed by atoms with van der Waals surface area (Å²) in [6, 6.07) is 5.88. The number of anilines is 1. The molecule has 0 fully saturated rings. The van der Waals surface area contributed by atoms with Crippen LogP contribution in [0.3, 0.4) is 0 Å². The molecule has 2 aromatic rings. The third kappa shape index (κ3) is 2.54. The van der Waals surface area contributed by atoms with Crippen molar-refractivity contribution in [1.82, 2.24) is 9.78 Å². The lowest BCUT2D eigenvalue weighted by Crippen LogP contribution is -2.07. The maximum absolute atomic E-state index is 6.18. The van der Waals surface area contributed by atoms with Gasteiger partial charge in [-0.05, 0) is 41.4 Å². The number of hydrogen-bond donors (Lipinski definition) is 1. The Morgan fingerprint density at radius 1 is 1.39 bits per heavy atom. The van der Waals surface area contributed by atoms with E-state index in [1.54, 1.807) is 0 Å². The van der Waals surface area contributed by atoms with Crippen LogP contribution in [0.2, 0.25) is 5.02 Å². The van der Waals surface area contributed by atoms with Crippen LogP contribution in [0.25, 0.3) is 0 Å². The molecule has 0 saturated carbocycles. The van der Waals surface area contributed by atoms with Crippen LogP contribution in [0.15, 0.2) is 22.7 Å². The molecule has 0 radical (unpaired) electrons. The topological polar surface area (TPSA) is 29.9 Å². The third-order valence-electron chi connectivity index (χ3n) is 2.92. The van der Waals surface area contributed by atoms with Crippen LogP contribution in [0.4, 0.5) is 5.69 Å². The van der Waals surface area contributed by atoms with Crippen molar-refractivity contribution in [2.75, 3.05) is 5.32 Å². The Bertz CT molecular complexity index is 558. The van der Waals surface area contributed by atoms with Crippen molar-refractivity contribution >= 4 is 33.2 Å². The fraction of sp³-hybridized carbons (Fsp3) is 0.308. The molecule has 1 aromatic carbocycles.